The fourth-order valence-electron chi connectivity index (χ4n) is 1.76. The first kappa shape index (κ1) is 10.3. The standard InChI is InChI=1S/C10H17NO2/c1-3-8-7-11-5-4-9(8)6-10(12)13-2/h3,8-9,11H,1,4-7H2,2H3/t8-,9+/m0/s1. The molecular formula is C10H17NO2. The Balaban J connectivity index is 2.44. The Hall–Kier alpha value is -0.830. The normalized spacial score (nSPS) is 28.1. The van der Waals surface area contributed by atoms with Crippen LogP contribution in [0.4, 0.5) is 0 Å². The maximum atomic E-state index is 11.1. The van der Waals surface area contributed by atoms with E-state index in [0.717, 1.165) is 19.5 Å². The molecule has 0 saturated carbocycles. The van der Waals surface area contributed by atoms with Gasteiger partial charge in [-0.1, -0.05) is 6.08 Å². The van der Waals surface area contributed by atoms with E-state index in [-0.39, 0.29) is 5.97 Å². The number of piperidine rings is 1. The molecule has 2 atom stereocenters. The first-order valence-electron chi connectivity index (χ1n) is 4.68. The molecule has 13 heavy (non-hydrogen) atoms. The summed E-state index contributed by atoms with van der Waals surface area (Å²) >= 11 is 0. The molecule has 0 radical (unpaired) electrons. The summed E-state index contributed by atoms with van der Waals surface area (Å²) in [5.74, 6) is 0.706. The van der Waals surface area contributed by atoms with E-state index in [0.29, 0.717) is 18.3 Å². The maximum absolute atomic E-state index is 11.1. The van der Waals surface area contributed by atoms with Crippen LogP contribution < -0.4 is 5.32 Å². The molecule has 74 valence electrons. The smallest absolute Gasteiger partial charge is 0.305 e. The second-order valence-electron chi connectivity index (χ2n) is 3.43. The van der Waals surface area contributed by atoms with Gasteiger partial charge in [-0.2, -0.15) is 0 Å². The Morgan fingerprint density at radius 1 is 1.77 bits per heavy atom. The van der Waals surface area contributed by atoms with Crippen LogP contribution in [0.3, 0.4) is 0 Å². The highest BCUT2D eigenvalue weighted by Gasteiger charge is 2.24. The van der Waals surface area contributed by atoms with Crippen molar-refractivity contribution in [2.75, 3.05) is 20.2 Å². The molecule has 0 unspecified atom stereocenters. The summed E-state index contributed by atoms with van der Waals surface area (Å²) in [5.41, 5.74) is 0. The summed E-state index contributed by atoms with van der Waals surface area (Å²) in [7, 11) is 1.44. The number of carbonyl (C=O) groups excluding carboxylic acids is 1. The van der Waals surface area contributed by atoms with Crippen molar-refractivity contribution in [2.24, 2.45) is 11.8 Å². The molecule has 0 aliphatic carbocycles. The van der Waals surface area contributed by atoms with E-state index >= 15 is 0 Å². The molecule has 1 aliphatic heterocycles. The van der Waals surface area contributed by atoms with E-state index in [1.165, 1.54) is 7.11 Å². The summed E-state index contributed by atoms with van der Waals surface area (Å²) in [4.78, 5) is 11.1. The predicted octanol–water partition coefficient (Wildman–Crippen LogP) is 0.961. The van der Waals surface area contributed by atoms with Gasteiger partial charge < -0.3 is 10.1 Å². The number of nitrogens with one attached hydrogen (secondary N) is 1. The molecule has 3 nitrogen and oxygen atoms in total. The molecule has 1 N–H and O–H groups in total. The average Bonchev–Trinajstić information content (AvgIpc) is 2.18. The number of rotatable bonds is 3. The van der Waals surface area contributed by atoms with Gasteiger partial charge in [0.2, 0.25) is 0 Å². The highest BCUT2D eigenvalue weighted by molar-refractivity contribution is 5.69. The quantitative estimate of drug-likeness (QED) is 0.523. The lowest BCUT2D eigenvalue weighted by molar-refractivity contribution is -0.142. The van der Waals surface area contributed by atoms with Crippen LogP contribution in [0, 0.1) is 11.8 Å². The number of esters is 1. The Labute approximate surface area is 79.2 Å². The SMILES string of the molecule is C=C[C@H]1CNCC[C@@H]1CC(=O)OC. The Kier molecular flexibility index (Phi) is 3.96. The van der Waals surface area contributed by atoms with Crippen molar-refractivity contribution in [2.45, 2.75) is 12.8 Å². The van der Waals surface area contributed by atoms with Crippen molar-refractivity contribution in [3.63, 3.8) is 0 Å². The molecular weight excluding hydrogens is 166 g/mol. The molecule has 1 heterocycles. The zero-order valence-electron chi connectivity index (χ0n) is 8.08. The number of carbonyl (C=O) groups is 1. The van der Waals surface area contributed by atoms with Crippen LogP contribution in [0.1, 0.15) is 12.8 Å². The van der Waals surface area contributed by atoms with Crippen LogP contribution in [0.25, 0.3) is 0 Å². The topological polar surface area (TPSA) is 38.3 Å². The molecule has 0 aromatic rings. The van der Waals surface area contributed by atoms with Gasteiger partial charge in [-0.15, -0.1) is 6.58 Å². The zero-order chi connectivity index (χ0) is 9.68. The first-order valence-corrected chi connectivity index (χ1v) is 4.68. The molecule has 0 aromatic carbocycles. The fraction of sp³-hybridized carbons (Fsp3) is 0.700. The van der Waals surface area contributed by atoms with E-state index < -0.39 is 0 Å². The van der Waals surface area contributed by atoms with E-state index in [4.69, 9.17) is 0 Å². The van der Waals surface area contributed by atoms with Crippen LogP contribution in [0.15, 0.2) is 12.7 Å². The van der Waals surface area contributed by atoms with Gasteiger partial charge in [0, 0.05) is 13.0 Å². The third kappa shape index (κ3) is 2.84. The van der Waals surface area contributed by atoms with Gasteiger partial charge in [0.1, 0.15) is 0 Å². The highest BCUT2D eigenvalue weighted by Crippen LogP contribution is 2.23. The number of ether oxygens (including phenoxy) is 1. The molecule has 0 bridgehead atoms. The van der Waals surface area contributed by atoms with Crippen molar-refractivity contribution >= 4 is 5.97 Å². The minimum absolute atomic E-state index is 0.112. The molecule has 0 aromatic heterocycles. The van der Waals surface area contributed by atoms with Gasteiger partial charge in [0.05, 0.1) is 7.11 Å². The van der Waals surface area contributed by atoms with E-state index in [1.54, 1.807) is 0 Å². The Morgan fingerprint density at radius 2 is 2.54 bits per heavy atom. The van der Waals surface area contributed by atoms with Gasteiger partial charge >= 0.3 is 5.97 Å². The lowest BCUT2D eigenvalue weighted by Gasteiger charge is -2.29. The van der Waals surface area contributed by atoms with E-state index in [9.17, 15) is 4.79 Å². The van der Waals surface area contributed by atoms with Crippen molar-refractivity contribution in [3.8, 4) is 0 Å². The van der Waals surface area contributed by atoms with Gasteiger partial charge in [0.25, 0.3) is 0 Å². The minimum Gasteiger partial charge on any atom is -0.469 e. The first-order chi connectivity index (χ1) is 6.27. The van der Waals surface area contributed by atoms with Crippen LogP contribution in [0.5, 0.6) is 0 Å². The van der Waals surface area contributed by atoms with Gasteiger partial charge in [-0.3, -0.25) is 4.79 Å². The Morgan fingerprint density at radius 3 is 3.15 bits per heavy atom. The second-order valence-corrected chi connectivity index (χ2v) is 3.43. The van der Waals surface area contributed by atoms with Gasteiger partial charge in [-0.05, 0) is 24.8 Å². The van der Waals surface area contributed by atoms with Crippen molar-refractivity contribution in [3.05, 3.63) is 12.7 Å². The fourth-order valence-corrected chi connectivity index (χ4v) is 1.76. The monoisotopic (exact) mass is 183 g/mol. The summed E-state index contributed by atoms with van der Waals surface area (Å²) in [6.07, 6.45) is 3.49. The molecule has 1 fully saturated rings. The Bertz CT molecular complexity index is 191. The van der Waals surface area contributed by atoms with Crippen LogP contribution in [0.2, 0.25) is 0 Å². The molecule has 1 saturated heterocycles. The molecule has 0 spiro atoms. The largest absolute Gasteiger partial charge is 0.469 e. The van der Waals surface area contributed by atoms with Crippen LogP contribution >= 0.6 is 0 Å². The molecule has 1 aliphatic rings. The van der Waals surface area contributed by atoms with E-state index in [2.05, 4.69) is 16.6 Å². The summed E-state index contributed by atoms with van der Waals surface area (Å²) in [6.45, 7) is 5.70. The molecule has 3 heteroatoms. The highest BCUT2D eigenvalue weighted by atomic mass is 16.5. The lowest BCUT2D eigenvalue weighted by Crippen LogP contribution is -2.36. The van der Waals surface area contributed by atoms with Crippen LogP contribution in [-0.2, 0) is 9.53 Å². The third-order valence-electron chi connectivity index (χ3n) is 2.64. The summed E-state index contributed by atoms with van der Waals surface area (Å²) < 4.78 is 4.65. The van der Waals surface area contributed by atoms with Crippen molar-refractivity contribution < 1.29 is 9.53 Å². The van der Waals surface area contributed by atoms with Crippen molar-refractivity contribution in [1.29, 1.82) is 0 Å². The van der Waals surface area contributed by atoms with E-state index in [1.807, 2.05) is 6.08 Å². The number of methoxy groups -OCH3 is 1. The van der Waals surface area contributed by atoms with Gasteiger partial charge in [-0.25, -0.2) is 0 Å². The van der Waals surface area contributed by atoms with Crippen LogP contribution in [-0.4, -0.2) is 26.2 Å². The minimum atomic E-state index is -0.112. The lowest BCUT2D eigenvalue weighted by atomic mass is 9.84. The average molecular weight is 183 g/mol. The second kappa shape index (κ2) is 5.02. The molecule has 1 rings (SSSR count). The maximum Gasteiger partial charge on any atom is 0.305 e. The third-order valence-corrected chi connectivity index (χ3v) is 2.64. The van der Waals surface area contributed by atoms with Gasteiger partial charge in [0.15, 0.2) is 0 Å². The summed E-state index contributed by atoms with van der Waals surface area (Å²) in [6, 6.07) is 0. The predicted molar refractivity (Wildman–Crippen MR) is 51.3 cm³/mol. The number of hydrogen-bond donors (Lipinski definition) is 1. The molecule has 0 amide bonds. The number of hydrogen-bond acceptors (Lipinski definition) is 3. The zero-order valence-corrected chi connectivity index (χ0v) is 8.08. The van der Waals surface area contributed by atoms with Crippen molar-refractivity contribution in [1.82, 2.24) is 5.32 Å². The summed E-state index contributed by atoms with van der Waals surface area (Å²) in [5, 5.41) is 3.28.